The molecule has 3 N–H and O–H groups in total. The van der Waals surface area contributed by atoms with Crippen LogP contribution in [0.5, 0.6) is 0 Å². The fourth-order valence-electron chi connectivity index (χ4n) is 2.36. The maximum atomic E-state index is 6.33. The lowest BCUT2D eigenvalue weighted by Gasteiger charge is -2.42. The molecule has 2 atom stereocenters. The molecule has 2 unspecified atom stereocenters. The van der Waals surface area contributed by atoms with Gasteiger partial charge in [0.05, 0.1) is 23.0 Å². The van der Waals surface area contributed by atoms with E-state index in [9.17, 15) is 0 Å². The number of aromatic nitrogens is 2. The summed E-state index contributed by atoms with van der Waals surface area (Å²) in [5.74, 6) is 5.82. The topological polar surface area (TPSA) is 59.1 Å². The molecule has 0 fully saturated rings. The molecule has 0 spiro atoms. The van der Waals surface area contributed by atoms with Crippen LogP contribution in [0.3, 0.4) is 0 Å². The van der Waals surface area contributed by atoms with Gasteiger partial charge in [0.2, 0.25) is 0 Å². The first-order chi connectivity index (χ1) is 8.79. The van der Waals surface area contributed by atoms with Crippen LogP contribution in [0, 0.1) is 0 Å². The second kappa shape index (κ2) is 6.22. The zero-order valence-corrected chi connectivity index (χ0v) is 13.5. The van der Waals surface area contributed by atoms with E-state index >= 15 is 0 Å². The van der Waals surface area contributed by atoms with Crippen LogP contribution in [0.4, 0.5) is 0 Å². The minimum Gasteiger partial charge on any atom is -0.302 e. The number of hydrazine groups is 1. The Morgan fingerprint density at radius 3 is 2.47 bits per heavy atom. The van der Waals surface area contributed by atoms with Crippen molar-refractivity contribution in [3.8, 4) is 0 Å². The van der Waals surface area contributed by atoms with Gasteiger partial charge in [0.1, 0.15) is 0 Å². The molecule has 1 aromatic heterocycles. The molecule has 0 aromatic carbocycles. The minimum atomic E-state index is -0.148. The van der Waals surface area contributed by atoms with Crippen LogP contribution in [0.2, 0.25) is 5.02 Å². The predicted molar refractivity (Wildman–Crippen MR) is 80.1 cm³/mol. The van der Waals surface area contributed by atoms with Gasteiger partial charge in [-0.05, 0) is 41.3 Å². The van der Waals surface area contributed by atoms with Crippen molar-refractivity contribution < 1.29 is 0 Å². The molecule has 0 aliphatic rings. The van der Waals surface area contributed by atoms with Crippen LogP contribution < -0.4 is 11.3 Å². The SMILES string of the molecule is CCC(C)(C(NN)c1c(Cl)cnn1C(C)C)N(C)C. The number of nitrogens with one attached hydrogen (secondary N) is 1. The van der Waals surface area contributed by atoms with Gasteiger partial charge in [0.25, 0.3) is 0 Å². The average molecular weight is 288 g/mol. The number of likely N-dealkylation sites (N-methyl/N-ethyl adjacent to an activating group) is 1. The summed E-state index contributed by atoms with van der Waals surface area (Å²) in [7, 11) is 4.11. The first-order valence-corrected chi connectivity index (χ1v) is 7.03. The lowest BCUT2D eigenvalue weighted by Crippen LogP contribution is -2.53. The molecule has 0 amide bonds. The van der Waals surface area contributed by atoms with E-state index in [0.29, 0.717) is 5.02 Å². The Morgan fingerprint density at radius 1 is 1.53 bits per heavy atom. The van der Waals surface area contributed by atoms with Crippen molar-refractivity contribution in [3.05, 3.63) is 16.9 Å². The Bertz CT molecular complexity index is 415. The summed E-state index contributed by atoms with van der Waals surface area (Å²) >= 11 is 6.33. The summed E-state index contributed by atoms with van der Waals surface area (Å²) in [5, 5.41) is 5.01. The van der Waals surface area contributed by atoms with Crippen LogP contribution in [0.1, 0.15) is 51.9 Å². The molecule has 1 rings (SSSR count). The number of halogens is 1. The van der Waals surface area contributed by atoms with E-state index in [1.807, 2.05) is 4.68 Å². The number of hydrogen-bond acceptors (Lipinski definition) is 4. The molecular formula is C13H26ClN5. The first kappa shape index (κ1) is 16.4. The van der Waals surface area contributed by atoms with E-state index in [4.69, 9.17) is 17.4 Å². The van der Waals surface area contributed by atoms with Crippen molar-refractivity contribution in [2.45, 2.75) is 51.7 Å². The molecular weight excluding hydrogens is 262 g/mol. The maximum Gasteiger partial charge on any atom is 0.0835 e. The molecule has 110 valence electrons. The predicted octanol–water partition coefficient (Wildman–Crippen LogP) is 2.35. The van der Waals surface area contributed by atoms with Crippen molar-refractivity contribution >= 4 is 11.6 Å². The Labute approximate surface area is 121 Å². The second-order valence-corrected chi connectivity index (χ2v) is 6.03. The third-order valence-electron chi connectivity index (χ3n) is 4.08. The fourth-order valence-corrected chi connectivity index (χ4v) is 2.60. The highest BCUT2D eigenvalue weighted by atomic mass is 35.5. The zero-order chi connectivity index (χ0) is 14.8. The largest absolute Gasteiger partial charge is 0.302 e. The molecule has 0 saturated carbocycles. The van der Waals surface area contributed by atoms with E-state index < -0.39 is 0 Å². The van der Waals surface area contributed by atoms with Gasteiger partial charge in [-0.1, -0.05) is 18.5 Å². The maximum absolute atomic E-state index is 6.33. The molecule has 5 nitrogen and oxygen atoms in total. The van der Waals surface area contributed by atoms with Gasteiger partial charge in [-0.15, -0.1) is 0 Å². The fraction of sp³-hybridized carbons (Fsp3) is 0.769. The summed E-state index contributed by atoms with van der Waals surface area (Å²) in [5.41, 5.74) is 3.72. The molecule has 0 aliphatic heterocycles. The highest BCUT2D eigenvalue weighted by Crippen LogP contribution is 2.36. The molecule has 1 aromatic rings. The van der Waals surface area contributed by atoms with Crippen LogP contribution in [-0.4, -0.2) is 34.3 Å². The Balaban J connectivity index is 3.35. The number of nitrogens with two attached hydrogens (primary N) is 1. The first-order valence-electron chi connectivity index (χ1n) is 6.66. The van der Waals surface area contributed by atoms with Crippen LogP contribution in [0.25, 0.3) is 0 Å². The highest BCUT2D eigenvalue weighted by Gasteiger charge is 2.38. The summed E-state index contributed by atoms with van der Waals surface area (Å²) < 4.78 is 1.93. The Hall–Kier alpha value is -0.620. The van der Waals surface area contributed by atoms with E-state index in [1.54, 1.807) is 6.20 Å². The van der Waals surface area contributed by atoms with E-state index in [0.717, 1.165) is 12.1 Å². The lowest BCUT2D eigenvalue weighted by atomic mass is 9.86. The highest BCUT2D eigenvalue weighted by molar-refractivity contribution is 6.31. The lowest BCUT2D eigenvalue weighted by molar-refractivity contribution is 0.107. The summed E-state index contributed by atoms with van der Waals surface area (Å²) in [4.78, 5) is 2.17. The van der Waals surface area contributed by atoms with E-state index in [2.05, 4.69) is 57.2 Å². The summed E-state index contributed by atoms with van der Waals surface area (Å²) in [6.45, 7) is 8.48. The normalized spacial score (nSPS) is 16.9. The molecule has 0 radical (unpaired) electrons. The van der Waals surface area contributed by atoms with E-state index in [1.165, 1.54) is 0 Å². The van der Waals surface area contributed by atoms with Crippen molar-refractivity contribution in [1.82, 2.24) is 20.1 Å². The zero-order valence-electron chi connectivity index (χ0n) is 12.7. The molecule has 1 heterocycles. The van der Waals surface area contributed by atoms with Gasteiger partial charge in [-0.3, -0.25) is 10.5 Å². The Morgan fingerprint density at radius 2 is 2.11 bits per heavy atom. The number of rotatable bonds is 6. The van der Waals surface area contributed by atoms with Crippen molar-refractivity contribution in [2.75, 3.05) is 14.1 Å². The van der Waals surface area contributed by atoms with Crippen molar-refractivity contribution in [3.63, 3.8) is 0 Å². The van der Waals surface area contributed by atoms with Gasteiger partial charge >= 0.3 is 0 Å². The summed E-state index contributed by atoms with van der Waals surface area (Å²) in [6.07, 6.45) is 2.63. The number of hydrogen-bond donors (Lipinski definition) is 2. The third-order valence-corrected chi connectivity index (χ3v) is 4.37. The van der Waals surface area contributed by atoms with Crippen LogP contribution in [-0.2, 0) is 0 Å². The van der Waals surface area contributed by atoms with Crippen molar-refractivity contribution in [1.29, 1.82) is 0 Å². The standard InChI is InChI=1S/C13H26ClN5/c1-7-13(4,18(5)6)12(17-15)11-10(14)8-16-19(11)9(2)3/h8-9,12,17H,7,15H2,1-6H3. The van der Waals surface area contributed by atoms with Gasteiger partial charge in [0.15, 0.2) is 0 Å². The van der Waals surface area contributed by atoms with Gasteiger partial charge in [0, 0.05) is 11.6 Å². The average Bonchev–Trinajstić information content (AvgIpc) is 2.72. The van der Waals surface area contributed by atoms with Gasteiger partial charge < -0.3 is 4.90 Å². The molecule has 0 bridgehead atoms. The molecule has 0 aliphatic carbocycles. The van der Waals surface area contributed by atoms with Gasteiger partial charge in [-0.25, -0.2) is 5.43 Å². The quantitative estimate of drug-likeness (QED) is 0.623. The summed E-state index contributed by atoms with van der Waals surface area (Å²) in [6, 6.07) is 0.145. The third kappa shape index (κ3) is 2.94. The van der Waals surface area contributed by atoms with Crippen LogP contribution >= 0.6 is 11.6 Å². The monoisotopic (exact) mass is 287 g/mol. The minimum absolute atomic E-state index is 0.0927. The second-order valence-electron chi connectivity index (χ2n) is 5.62. The molecule has 0 saturated heterocycles. The molecule has 6 heteroatoms. The van der Waals surface area contributed by atoms with Crippen molar-refractivity contribution in [2.24, 2.45) is 5.84 Å². The van der Waals surface area contributed by atoms with Gasteiger partial charge in [-0.2, -0.15) is 5.10 Å². The number of nitrogens with zero attached hydrogens (tertiary/aromatic N) is 3. The molecule has 19 heavy (non-hydrogen) atoms. The van der Waals surface area contributed by atoms with Crippen LogP contribution in [0.15, 0.2) is 6.20 Å². The smallest absolute Gasteiger partial charge is 0.0835 e. The Kier molecular flexibility index (Phi) is 5.38. The van der Waals surface area contributed by atoms with E-state index in [-0.39, 0.29) is 17.6 Å².